The first kappa shape index (κ1) is 14.9. The number of nitrogens with zero attached hydrogens (tertiary/aromatic N) is 2. The monoisotopic (exact) mass is 300 g/mol. The van der Waals surface area contributed by atoms with E-state index in [-0.39, 0.29) is 0 Å². The number of ether oxygens (including phenoxy) is 2. The summed E-state index contributed by atoms with van der Waals surface area (Å²) in [5.41, 5.74) is 1.65. The number of hydrogen-bond acceptors (Lipinski definition) is 4. The Balaban J connectivity index is 2.65. The van der Waals surface area contributed by atoms with E-state index in [1.165, 1.54) is 7.11 Å². The predicted molar refractivity (Wildman–Crippen MR) is 82.1 cm³/mol. The molecule has 0 atom stereocenters. The third-order valence-corrected chi connectivity index (χ3v) is 3.33. The fourth-order valence-corrected chi connectivity index (χ4v) is 2.25. The second-order valence-corrected chi connectivity index (χ2v) is 4.46. The lowest BCUT2D eigenvalue weighted by Crippen LogP contribution is -1.95. The van der Waals surface area contributed by atoms with Crippen molar-refractivity contribution in [3.05, 3.63) is 53.9 Å². The summed E-state index contributed by atoms with van der Waals surface area (Å²) >= 11 is 6.42. The summed E-state index contributed by atoms with van der Waals surface area (Å²) in [5.74, 6) is 1.05. The van der Waals surface area contributed by atoms with Crippen molar-refractivity contribution < 1.29 is 9.47 Å². The molecule has 0 saturated heterocycles. The molecule has 0 N–H and O–H groups in total. The van der Waals surface area contributed by atoms with E-state index in [9.17, 15) is 5.26 Å². The average molecular weight is 301 g/mol. The average Bonchev–Trinajstić information content (AvgIpc) is 2.55. The van der Waals surface area contributed by atoms with Crippen LogP contribution in [0.1, 0.15) is 11.1 Å². The van der Waals surface area contributed by atoms with E-state index in [0.29, 0.717) is 33.2 Å². The molecule has 0 aliphatic heterocycles. The molecule has 0 unspecified atom stereocenters. The Morgan fingerprint density at radius 3 is 2.43 bits per heavy atom. The topological polar surface area (TPSA) is 55.1 Å². The zero-order valence-corrected chi connectivity index (χ0v) is 12.4. The lowest BCUT2D eigenvalue weighted by Gasteiger charge is -2.13. The van der Waals surface area contributed by atoms with Crippen molar-refractivity contribution in [2.45, 2.75) is 0 Å². The molecule has 1 aromatic heterocycles. The molecule has 21 heavy (non-hydrogen) atoms. The van der Waals surface area contributed by atoms with Crippen molar-refractivity contribution in [1.82, 2.24) is 4.98 Å². The normalized spacial score (nSPS) is 11.3. The molecule has 106 valence electrons. The molecule has 2 rings (SSSR count). The highest BCUT2D eigenvalue weighted by Crippen LogP contribution is 2.39. The van der Waals surface area contributed by atoms with E-state index in [0.717, 1.165) is 0 Å². The number of aromatic nitrogens is 1. The maximum Gasteiger partial charge on any atom is 0.169 e. The number of hydrogen-bond donors (Lipinski definition) is 0. The summed E-state index contributed by atoms with van der Waals surface area (Å²) in [7, 11) is 3.08. The number of allylic oxidation sites excluding steroid dienone is 1. The molecule has 0 radical (unpaired) electrons. The summed E-state index contributed by atoms with van der Waals surface area (Å²) < 4.78 is 10.6. The van der Waals surface area contributed by atoms with Gasteiger partial charge in [-0.15, -0.1) is 0 Å². The third-order valence-electron chi connectivity index (χ3n) is 2.94. The van der Waals surface area contributed by atoms with Crippen molar-refractivity contribution >= 4 is 22.2 Å². The molecule has 0 aliphatic rings. The fraction of sp³-hybridized carbons (Fsp3) is 0.125. The molecule has 1 aromatic carbocycles. The van der Waals surface area contributed by atoms with Crippen molar-refractivity contribution in [3.63, 3.8) is 0 Å². The highest BCUT2D eigenvalue weighted by molar-refractivity contribution is 6.53. The van der Waals surface area contributed by atoms with Crippen LogP contribution < -0.4 is 9.47 Å². The Hall–Kier alpha value is -2.51. The molecule has 1 heterocycles. The van der Waals surface area contributed by atoms with E-state index in [1.807, 2.05) is 0 Å². The predicted octanol–water partition coefficient (Wildman–Crippen LogP) is 3.73. The lowest BCUT2D eigenvalue weighted by atomic mass is 10.0. The standard InChI is InChI=1S/C16H13ClN2O2/c1-20-14-5-3-4-12(16(14)21-2)15(17)13(10-18)11-6-8-19-9-7-11/h3-9H,1-2H3/b15-13+. The second-order valence-electron chi connectivity index (χ2n) is 4.08. The van der Waals surface area contributed by atoms with E-state index in [1.54, 1.807) is 49.8 Å². The van der Waals surface area contributed by atoms with Crippen molar-refractivity contribution in [2.24, 2.45) is 0 Å². The molecular formula is C16H13ClN2O2. The van der Waals surface area contributed by atoms with Crippen LogP contribution in [-0.4, -0.2) is 19.2 Å². The van der Waals surface area contributed by atoms with Gasteiger partial charge in [0, 0.05) is 18.0 Å². The van der Waals surface area contributed by atoms with Gasteiger partial charge in [0.2, 0.25) is 0 Å². The Kier molecular flexibility index (Phi) is 4.81. The van der Waals surface area contributed by atoms with Crippen LogP contribution in [0, 0.1) is 11.3 Å². The molecule has 0 spiro atoms. The Bertz CT molecular complexity index is 706. The van der Waals surface area contributed by atoms with Gasteiger partial charge in [-0.05, 0) is 29.8 Å². The number of halogens is 1. The van der Waals surface area contributed by atoms with Gasteiger partial charge < -0.3 is 9.47 Å². The molecule has 4 nitrogen and oxygen atoms in total. The number of methoxy groups -OCH3 is 2. The SMILES string of the molecule is COc1cccc(/C(Cl)=C(/C#N)c2ccncc2)c1OC. The van der Waals surface area contributed by atoms with Crippen LogP contribution in [-0.2, 0) is 0 Å². The molecule has 2 aromatic rings. The van der Waals surface area contributed by atoms with Crippen LogP contribution in [0.5, 0.6) is 11.5 Å². The molecule has 5 heteroatoms. The number of para-hydroxylation sites is 1. The first-order valence-electron chi connectivity index (χ1n) is 6.14. The van der Waals surface area contributed by atoms with Crippen LogP contribution >= 0.6 is 11.6 Å². The molecule has 0 aliphatic carbocycles. The Labute approximate surface area is 128 Å². The Morgan fingerprint density at radius 1 is 1.14 bits per heavy atom. The maximum atomic E-state index is 9.42. The van der Waals surface area contributed by atoms with E-state index >= 15 is 0 Å². The summed E-state index contributed by atoms with van der Waals surface area (Å²) in [6, 6.07) is 10.9. The van der Waals surface area contributed by atoms with Gasteiger partial charge in [0.25, 0.3) is 0 Å². The number of pyridine rings is 1. The summed E-state index contributed by atoms with van der Waals surface area (Å²) in [5, 5.41) is 9.72. The summed E-state index contributed by atoms with van der Waals surface area (Å²) in [6.07, 6.45) is 3.22. The maximum absolute atomic E-state index is 9.42. The second kappa shape index (κ2) is 6.78. The first-order chi connectivity index (χ1) is 10.2. The van der Waals surface area contributed by atoms with Crippen molar-refractivity contribution in [1.29, 1.82) is 5.26 Å². The molecule has 0 fully saturated rings. The first-order valence-corrected chi connectivity index (χ1v) is 6.52. The van der Waals surface area contributed by atoms with Gasteiger partial charge in [-0.3, -0.25) is 4.98 Å². The number of nitriles is 1. The van der Waals surface area contributed by atoms with Gasteiger partial charge >= 0.3 is 0 Å². The molecule has 0 saturated carbocycles. The zero-order valence-electron chi connectivity index (χ0n) is 11.6. The van der Waals surface area contributed by atoms with Crippen LogP contribution in [0.15, 0.2) is 42.7 Å². The quantitative estimate of drug-likeness (QED) is 0.807. The van der Waals surface area contributed by atoms with E-state index in [2.05, 4.69) is 11.1 Å². The van der Waals surface area contributed by atoms with Gasteiger partial charge in [-0.1, -0.05) is 17.7 Å². The summed E-state index contributed by atoms with van der Waals surface area (Å²) in [4.78, 5) is 3.94. The van der Waals surface area contributed by atoms with Gasteiger partial charge in [0.1, 0.15) is 6.07 Å². The van der Waals surface area contributed by atoms with Gasteiger partial charge in [0.05, 0.1) is 24.8 Å². The minimum Gasteiger partial charge on any atom is -0.493 e. The van der Waals surface area contributed by atoms with Crippen LogP contribution in [0.4, 0.5) is 0 Å². The van der Waals surface area contributed by atoms with Crippen LogP contribution in [0.2, 0.25) is 0 Å². The van der Waals surface area contributed by atoms with Crippen molar-refractivity contribution in [2.75, 3.05) is 14.2 Å². The molecule has 0 bridgehead atoms. The largest absolute Gasteiger partial charge is 0.493 e. The van der Waals surface area contributed by atoms with E-state index in [4.69, 9.17) is 21.1 Å². The lowest BCUT2D eigenvalue weighted by molar-refractivity contribution is 0.354. The van der Waals surface area contributed by atoms with Gasteiger partial charge in [-0.25, -0.2) is 0 Å². The highest BCUT2D eigenvalue weighted by atomic mass is 35.5. The van der Waals surface area contributed by atoms with Crippen LogP contribution in [0.25, 0.3) is 10.6 Å². The van der Waals surface area contributed by atoms with Gasteiger partial charge in [0.15, 0.2) is 11.5 Å². The fourth-order valence-electron chi connectivity index (χ4n) is 1.95. The third kappa shape index (κ3) is 2.99. The zero-order chi connectivity index (χ0) is 15.2. The number of rotatable bonds is 4. The van der Waals surface area contributed by atoms with Gasteiger partial charge in [-0.2, -0.15) is 5.26 Å². The minimum absolute atomic E-state index is 0.305. The minimum atomic E-state index is 0.305. The molecular weight excluding hydrogens is 288 g/mol. The Morgan fingerprint density at radius 2 is 1.86 bits per heavy atom. The van der Waals surface area contributed by atoms with Crippen LogP contribution in [0.3, 0.4) is 0 Å². The highest BCUT2D eigenvalue weighted by Gasteiger charge is 2.16. The molecule has 0 amide bonds. The smallest absolute Gasteiger partial charge is 0.169 e. The van der Waals surface area contributed by atoms with E-state index < -0.39 is 0 Å². The van der Waals surface area contributed by atoms with Crippen molar-refractivity contribution in [3.8, 4) is 17.6 Å². The summed E-state index contributed by atoms with van der Waals surface area (Å²) in [6.45, 7) is 0. The number of benzene rings is 1.